The summed E-state index contributed by atoms with van der Waals surface area (Å²) in [5.41, 5.74) is 2.61. The second kappa shape index (κ2) is 9.20. The van der Waals surface area contributed by atoms with Crippen LogP contribution in [-0.2, 0) is 17.6 Å². The molecule has 0 bridgehead atoms. The Kier molecular flexibility index (Phi) is 6.22. The zero-order valence-electron chi connectivity index (χ0n) is 15.8. The predicted molar refractivity (Wildman–Crippen MR) is 113 cm³/mol. The molecule has 0 saturated heterocycles. The van der Waals surface area contributed by atoms with E-state index in [0.717, 1.165) is 36.9 Å². The van der Waals surface area contributed by atoms with Crippen LogP contribution >= 0.6 is 23.1 Å². The Balaban J connectivity index is 1.44. The summed E-state index contributed by atoms with van der Waals surface area (Å²) in [5, 5.41) is 25.5. The molecule has 1 aliphatic rings. The molecule has 0 aliphatic heterocycles. The van der Waals surface area contributed by atoms with Crippen LogP contribution in [0, 0.1) is 11.3 Å². The van der Waals surface area contributed by atoms with Crippen LogP contribution in [0.25, 0.3) is 5.69 Å². The zero-order valence-corrected chi connectivity index (χ0v) is 17.4. The Hall–Kier alpha value is -2.70. The number of aryl methyl sites for hydroxylation is 1. The highest BCUT2D eigenvalue weighted by molar-refractivity contribution is 7.99. The monoisotopic (exact) mass is 424 g/mol. The molecule has 1 N–H and O–H groups in total. The zero-order chi connectivity index (χ0) is 20.1. The van der Waals surface area contributed by atoms with Gasteiger partial charge < -0.3 is 5.32 Å². The van der Waals surface area contributed by atoms with Gasteiger partial charge in [-0.2, -0.15) is 9.94 Å². The lowest BCUT2D eigenvalue weighted by molar-refractivity contribution is -0.113. The number of carbonyl (C=O) groups excluding carboxylic acids is 1. The van der Waals surface area contributed by atoms with Gasteiger partial charge in [0.05, 0.1) is 17.0 Å². The number of tetrazole rings is 1. The number of nitriles is 1. The molecule has 0 saturated carbocycles. The molecule has 9 heteroatoms. The highest BCUT2D eigenvalue weighted by Gasteiger charge is 2.21. The smallest absolute Gasteiger partial charge is 0.235 e. The minimum atomic E-state index is -0.164. The number of benzene rings is 1. The van der Waals surface area contributed by atoms with Gasteiger partial charge in [0, 0.05) is 4.88 Å². The number of amides is 1. The summed E-state index contributed by atoms with van der Waals surface area (Å²) in [6, 6.07) is 11.9. The van der Waals surface area contributed by atoms with Crippen LogP contribution in [0.2, 0.25) is 0 Å². The van der Waals surface area contributed by atoms with Crippen molar-refractivity contribution in [2.24, 2.45) is 0 Å². The molecule has 148 valence electrons. The Morgan fingerprint density at radius 3 is 2.79 bits per heavy atom. The van der Waals surface area contributed by atoms with E-state index in [9.17, 15) is 10.1 Å². The molecule has 0 radical (unpaired) electrons. The van der Waals surface area contributed by atoms with E-state index < -0.39 is 0 Å². The van der Waals surface area contributed by atoms with Gasteiger partial charge in [0.15, 0.2) is 0 Å². The summed E-state index contributed by atoms with van der Waals surface area (Å²) in [6.45, 7) is 0. The number of nitrogens with one attached hydrogen (secondary N) is 1. The highest BCUT2D eigenvalue weighted by Crippen LogP contribution is 2.36. The van der Waals surface area contributed by atoms with E-state index in [-0.39, 0.29) is 11.7 Å². The van der Waals surface area contributed by atoms with E-state index in [2.05, 4.69) is 26.9 Å². The molecular weight excluding hydrogens is 404 g/mol. The first-order valence-corrected chi connectivity index (χ1v) is 11.4. The lowest BCUT2D eigenvalue weighted by atomic mass is 9.97. The van der Waals surface area contributed by atoms with Crippen LogP contribution in [0.5, 0.6) is 0 Å². The molecule has 0 atom stereocenters. The Morgan fingerprint density at radius 1 is 1.21 bits per heavy atom. The van der Waals surface area contributed by atoms with Crippen molar-refractivity contribution in [3.8, 4) is 11.8 Å². The summed E-state index contributed by atoms with van der Waals surface area (Å²) in [7, 11) is 0. The lowest BCUT2D eigenvalue weighted by Gasteiger charge is -2.08. The molecule has 1 aromatic carbocycles. The number of carbonyl (C=O) groups is 1. The average molecular weight is 425 g/mol. The van der Waals surface area contributed by atoms with E-state index in [1.165, 1.54) is 29.5 Å². The van der Waals surface area contributed by atoms with Crippen molar-refractivity contribution in [3.63, 3.8) is 0 Å². The number of fused-ring (bicyclic) bond motifs is 1. The van der Waals surface area contributed by atoms with Gasteiger partial charge in [0.1, 0.15) is 11.1 Å². The first kappa shape index (κ1) is 19.6. The maximum absolute atomic E-state index is 12.6. The van der Waals surface area contributed by atoms with Crippen molar-refractivity contribution in [1.82, 2.24) is 20.2 Å². The van der Waals surface area contributed by atoms with Gasteiger partial charge in [-0.1, -0.05) is 42.8 Å². The molecule has 0 unspecified atom stereocenters. The summed E-state index contributed by atoms with van der Waals surface area (Å²) in [6.07, 6.45) is 6.59. The van der Waals surface area contributed by atoms with Crippen LogP contribution in [0.4, 0.5) is 5.00 Å². The third kappa shape index (κ3) is 4.49. The molecule has 1 aliphatic carbocycles. The highest BCUT2D eigenvalue weighted by atomic mass is 32.2. The van der Waals surface area contributed by atoms with E-state index in [4.69, 9.17) is 0 Å². The number of para-hydroxylation sites is 1. The van der Waals surface area contributed by atoms with Crippen molar-refractivity contribution in [1.29, 1.82) is 5.26 Å². The van der Waals surface area contributed by atoms with Gasteiger partial charge in [-0.05, 0) is 53.8 Å². The first-order chi connectivity index (χ1) is 14.3. The number of anilines is 1. The molecule has 2 aromatic heterocycles. The molecule has 2 heterocycles. The lowest BCUT2D eigenvalue weighted by Crippen LogP contribution is -2.14. The van der Waals surface area contributed by atoms with Gasteiger partial charge in [0.25, 0.3) is 0 Å². The standard InChI is InChI=1S/C20H20N6OS2/c21-12-16-15-10-6-1-2-7-11-17(15)29-19(16)22-18(27)13-28-20-23-24-25-26(20)14-8-4-3-5-9-14/h3-5,8-9H,1-2,6-7,10-11,13H2,(H,22,27). The van der Waals surface area contributed by atoms with Crippen molar-refractivity contribution >= 4 is 34.0 Å². The summed E-state index contributed by atoms with van der Waals surface area (Å²) in [4.78, 5) is 13.8. The number of aromatic nitrogens is 4. The van der Waals surface area contributed by atoms with E-state index >= 15 is 0 Å². The molecule has 29 heavy (non-hydrogen) atoms. The molecule has 3 aromatic rings. The van der Waals surface area contributed by atoms with Crippen LogP contribution in [0.15, 0.2) is 35.5 Å². The Labute approximate surface area is 177 Å². The van der Waals surface area contributed by atoms with Gasteiger partial charge in [-0.3, -0.25) is 4.79 Å². The van der Waals surface area contributed by atoms with Crippen molar-refractivity contribution in [3.05, 3.63) is 46.3 Å². The number of rotatable bonds is 5. The fraction of sp³-hybridized carbons (Fsp3) is 0.350. The normalized spacial score (nSPS) is 13.8. The molecule has 7 nitrogen and oxygen atoms in total. The number of thioether (sulfide) groups is 1. The predicted octanol–water partition coefficient (Wildman–Crippen LogP) is 3.99. The minimum Gasteiger partial charge on any atom is -0.316 e. The largest absolute Gasteiger partial charge is 0.316 e. The second-order valence-corrected chi connectivity index (χ2v) is 8.83. The maximum Gasteiger partial charge on any atom is 0.235 e. The van der Waals surface area contributed by atoms with Crippen LogP contribution in [0.3, 0.4) is 0 Å². The van der Waals surface area contributed by atoms with E-state index in [0.29, 0.717) is 15.7 Å². The summed E-state index contributed by atoms with van der Waals surface area (Å²) in [5.74, 6) is 0.00372. The van der Waals surface area contributed by atoms with Crippen LogP contribution < -0.4 is 5.32 Å². The number of hydrogen-bond donors (Lipinski definition) is 1. The van der Waals surface area contributed by atoms with Gasteiger partial charge in [-0.25, -0.2) is 0 Å². The topological polar surface area (TPSA) is 96.5 Å². The molecular formula is C20H20N6OS2. The van der Waals surface area contributed by atoms with Crippen LogP contribution in [-0.4, -0.2) is 31.9 Å². The van der Waals surface area contributed by atoms with Gasteiger partial charge >= 0.3 is 0 Å². The van der Waals surface area contributed by atoms with Crippen molar-refractivity contribution in [2.45, 2.75) is 43.7 Å². The van der Waals surface area contributed by atoms with Crippen molar-refractivity contribution in [2.75, 3.05) is 11.1 Å². The van der Waals surface area contributed by atoms with Crippen LogP contribution in [0.1, 0.15) is 41.7 Å². The minimum absolute atomic E-state index is 0.164. The first-order valence-electron chi connectivity index (χ1n) is 9.57. The third-order valence-electron chi connectivity index (χ3n) is 4.81. The SMILES string of the molecule is N#Cc1c(NC(=O)CSc2nnnn2-c2ccccc2)sc2c1CCCCCC2. The molecule has 0 fully saturated rings. The average Bonchev–Trinajstić information content (AvgIpc) is 3.31. The number of thiophene rings is 1. The Morgan fingerprint density at radius 2 is 2.00 bits per heavy atom. The van der Waals surface area contributed by atoms with Crippen molar-refractivity contribution < 1.29 is 4.79 Å². The molecule has 0 spiro atoms. The summed E-state index contributed by atoms with van der Waals surface area (Å²) >= 11 is 2.82. The van der Waals surface area contributed by atoms with E-state index in [1.807, 2.05) is 30.3 Å². The number of hydrogen-bond acceptors (Lipinski definition) is 7. The van der Waals surface area contributed by atoms with Gasteiger partial charge in [-0.15, -0.1) is 16.4 Å². The number of nitrogens with zero attached hydrogens (tertiary/aromatic N) is 5. The van der Waals surface area contributed by atoms with E-state index in [1.54, 1.807) is 16.0 Å². The maximum atomic E-state index is 12.6. The second-order valence-electron chi connectivity index (χ2n) is 6.78. The molecule has 4 rings (SSSR count). The summed E-state index contributed by atoms with van der Waals surface area (Å²) < 4.78 is 1.61. The Bertz CT molecular complexity index is 1040. The quantitative estimate of drug-likeness (QED) is 0.622. The fourth-order valence-electron chi connectivity index (χ4n) is 3.42. The fourth-order valence-corrected chi connectivity index (χ4v) is 5.37. The van der Waals surface area contributed by atoms with Gasteiger partial charge in [0.2, 0.25) is 11.1 Å². The molecule has 1 amide bonds. The third-order valence-corrected chi connectivity index (χ3v) is 6.94.